The number of hydrogen-bond acceptors (Lipinski definition) is 3. The standard InChI is InChI=1S/C12H11BrClNO2/c13-11(9-3-1-2-4-10(9)14)12-8(5-6-16)7-17-15-12/h1-4,7,11,16H,5-6H2/t11-/m0/s1. The summed E-state index contributed by atoms with van der Waals surface area (Å²) in [7, 11) is 0. The molecule has 1 atom stereocenters. The maximum absolute atomic E-state index is 8.96. The predicted octanol–water partition coefficient (Wildman–Crippen LogP) is 3.35. The first-order valence-corrected chi connectivity index (χ1v) is 6.46. The lowest BCUT2D eigenvalue weighted by molar-refractivity contribution is 0.299. The summed E-state index contributed by atoms with van der Waals surface area (Å²) >= 11 is 9.68. The van der Waals surface area contributed by atoms with E-state index in [9.17, 15) is 0 Å². The molecule has 1 N–H and O–H groups in total. The molecule has 3 nitrogen and oxygen atoms in total. The Bertz CT molecular complexity index is 501. The van der Waals surface area contributed by atoms with E-state index in [1.165, 1.54) is 0 Å². The summed E-state index contributed by atoms with van der Waals surface area (Å²) in [5.74, 6) is 0. The Kier molecular flexibility index (Phi) is 4.20. The van der Waals surface area contributed by atoms with Crippen LogP contribution in [0.15, 0.2) is 35.1 Å². The number of halogens is 2. The highest BCUT2D eigenvalue weighted by Crippen LogP contribution is 2.35. The van der Waals surface area contributed by atoms with Crippen molar-refractivity contribution in [1.29, 1.82) is 0 Å². The van der Waals surface area contributed by atoms with Crippen molar-refractivity contribution in [1.82, 2.24) is 5.16 Å². The first kappa shape index (κ1) is 12.6. The van der Waals surface area contributed by atoms with Gasteiger partial charge in [-0.25, -0.2) is 0 Å². The second-order valence-electron chi connectivity index (χ2n) is 3.58. The summed E-state index contributed by atoms with van der Waals surface area (Å²) in [4.78, 5) is -0.128. The van der Waals surface area contributed by atoms with Crippen LogP contribution in [0.4, 0.5) is 0 Å². The fourth-order valence-corrected chi connectivity index (χ4v) is 2.76. The fraction of sp³-hybridized carbons (Fsp3) is 0.250. The Hall–Kier alpha value is -0.840. The van der Waals surface area contributed by atoms with Crippen molar-refractivity contribution in [3.05, 3.63) is 52.4 Å². The highest BCUT2D eigenvalue weighted by Gasteiger charge is 2.20. The van der Waals surface area contributed by atoms with E-state index >= 15 is 0 Å². The van der Waals surface area contributed by atoms with E-state index in [-0.39, 0.29) is 11.4 Å². The highest BCUT2D eigenvalue weighted by molar-refractivity contribution is 9.09. The van der Waals surface area contributed by atoms with Gasteiger partial charge in [0.1, 0.15) is 12.0 Å². The molecule has 2 aromatic rings. The minimum atomic E-state index is -0.128. The number of benzene rings is 1. The van der Waals surface area contributed by atoms with Crippen LogP contribution in [-0.4, -0.2) is 16.9 Å². The topological polar surface area (TPSA) is 46.3 Å². The Morgan fingerprint density at radius 2 is 2.18 bits per heavy atom. The molecule has 5 heteroatoms. The molecule has 0 unspecified atom stereocenters. The van der Waals surface area contributed by atoms with Crippen molar-refractivity contribution in [2.75, 3.05) is 6.61 Å². The summed E-state index contributed by atoms with van der Waals surface area (Å²) in [6.45, 7) is 0.0659. The molecule has 0 spiro atoms. The number of nitrogens with zero attached hydrogens (tertiary/aromatic N) is 1. The van der Waals surface area contributed by atoms with Crippen LogP contribution < -0.4 is 0 Å². The summed E-state index contributed by atoms with van der Waals surface area (Å²) in [6, 6.07) is 7.56. The molecule has 0 fully saturated rings. The summed E-state index contributed by atoms with van der Waals surface area (Å²) in [5, 5.41) is 13.6. The third kappa shape index (κ3) is 2.70. The van der Waals surface area contributed by atoms with Gasteiger partial charge in [0.25, 0.3) is 0 Å². The highest BCUT2D eigenvalue weighted by atomic mass is 79.9. The minimum Gasteiger partial charge on any atom is -0.396 e. The van der Waals surface area contributed by atoms with Crippen LogP contribution in [-0.2, 0) is 6.42 Å². The maximum atomic E-state index is 8.96. The second kappa shape index (κ2) is 5.67. The first-order valence-electron chi connectivity index (χ1n) is 5.16. The molecule has 1 aromatic carbocycles. The Labute approximate surface area is 113 Å². The zero-order chi connectivity index (χ0) is 12.3. The van der Waals surface area contributed by atoms with Crippen LogP contribution in [0.25, 0.3) is 0 Å². The molecule has 0 saturated heterocycles. The van der Waals surface area contributed by atoms with E-state index in [2.05, 4.69) is 21.1 Å². The SMILES string of the molecule is OCCc1conc1[C@@H](Br)c1ccccc1Cl. The van der Waals surface area contributed by atoms with Crippen LogP contribution in [0.1, 0.15) is 21.6 Å². The number of hydrogen-bond donors (Lipinski definition) is 1. The largest absolute Gasteiger partial charge is 0.396 e. The summed E-state index contributed by atoms with van der Waals surface area (Å²) in [5.41, 5.74) is 2.57. The third-order valence-electron chi connectivity index (χ3n) is 2.47. The lowest BCUT2D eigenvalue weighted by Crippen LogP contribution is -2.00. The van der Waals surface area contributed by atoms with Gasteiger partial charge in [-0.1, -0.05) is 50.9 Å². The molecule has 2 rings (SSSR count). The van der Waals surface area contributed by atoms with Gasteiger partial charge < -0.3 is 9.63 Å². The quantitative estimate of drug-likeness (QED) is 0.880. The summed E-state index contributed by atoms with van der Waals surface area (Å²) < 4.78 is 4.95. The first-order chi connectivity index (χ1) is 8.24. The number of aromatic nitrogens is 1. The molecule has 0 aliphatic heterocycles. The van der Waals surface area contributed by atoms with Gasteiger partial charge in [0.2, 0.25) is 0 Å². The van der Waals surface area contributed by atoms with Gasteiger partial charge in [-0.2, -0.15) is 0 Å². The molecule has 0 saturated carbocycles. The number of aliphatic hydroxyl groups is 1. The molecule has 90 valence electrons. The van der Waals surface area contributed by atoms with Gasteiger partial charge in [0, 0.05) is 23.6 Å². The molecular formula is C12H11BrClNO2. The molecule has 0 radical (unpaired) electrons. The molecule has 1 heterocycles. The zero-order valence-corrected chi connectivity index (χ0v) is 11.3. The summed E-state index contributed by atoms with van der Waals surface area (Å²) in [6.07, 6.45) is 2.07. The monoisotopic (exact) mass is 315 g/mol. The van der Waals surface area contributed by atoms with E-state index < -0.39 is 0 Å². The Morgan fingerprint density at radius 1 is 1.41 bits per heavy atom. The normalized spacial score (nSPS) is 12.6. The predicted molar refractivity (Wildman–Crippen MR) is 69.5 cm³/mol. The van der Waals surface area contributed by atoms with Gasteiger partial charge in [-0.05, 0) is 11.6 Å². The Morgan fingerprint density at radius 3 is 2.88 bits per heavy atom. The maximum Gasteiger partial charge on any atom is 0.127 e. The van der Waals surface area contributed by atoms with Gasteiger partial charge in [0.15, 0.2) is 0 Å². The number of aliphatic hydroxyl groups excluding tert-OH is 1. The van der Waals surface area contributed by atoms with Crippen molar-refractivity contribution >= 4 is 27.5 Å². The minimum absolute atomic E-state index is 0.0659. The lowest BCUT2D eigenvalue weighted by Gasteiger charge is -2.10. The smallest absolute Gasteiger partial charge is 0.127 e. The van der Waals surface area contributed by atoms with Crippen molar-refractivity contribution in [2.24, 2.45) is 0 Å². The fourth-order valence-electron chi connectivity index (χ4n) is 1.61. The van der Waals surface area contributed by atoms with Crippen molar-refractivity contribution in [3.63, 3.8) is 0 Å². The van der Waals surface area contributed by atoms with Crippen LogP contribution in [0.3, 0.4) is 0 Å². The number of alkyl halides is 1. The molecule has 17 heavy (non-hydrogen) atoms. The molecule has 0 amide bonds. The molecule has 1 aromatic heterocycles. The molecule has 0 aliphatic rings. The van der Waals surface area contributed by atoms with E-state index in [0.717, 1.165) is 16.8 Å². The van der Waals surface area contributed by atoms with Gasteiger partial charge in [-0.15, -0.1) is 0 Å². The van der Waals surface area contributed by atoms with Crippen molar-refractivity contribution < 1.29 is 9.63 Å². The third-order valence-corrected chi connectivity index (χ3v) is 3.75. The van der Waals surface area contributed by atoms with E-state index in [1.807, 2.05) is 24.3 Å². The number of rotatable bonds is 4. The van der Waals surface area contributed by atoms with Crippen LogP contribution in [0.5, 0.6) is 0 Å². The lowest BCUT2D eigenvalue weighted by atomic mass is 10.1. The zero-order valence-electron chi connectivity index (χ0n) is 8.94. The molecular weight excluding hydrogens is 305 g/mol. The van der Waals surface area contributed by atoms with Gasteiger partial charge in [0.05, 0.1) is 4.83 Å². The second-order valence-corrected chi connectivity index (χ2v) is 4.91. The average Bonchev–Trinajstić information content (AvgIpc) is 2.78. The van der Waals surface area contributed by atoms with Crippen LogP contribution in [0, 0.1) is 0 Å². The van der Waals surface area contributed by atoms with Crippen LogP contribution in [0.2, 0.25) is 5.02 Å². The van der Waals surface area contributed by atoms with Crippen LogP contribution >= 0.6 is 27.5 Å². The molecule has 0 bridgehead atoms. The van der Waals surface area contributed by atoms with E-state index in [4.69, 9.17) is 21.2 Å². The van der Waals surface area contributed by atoms with Gasteiger partial charge in [-0.3, -0.25) is 0 Å². The van der Waals surface area contributed by atoms with Crippen molar-refractivity contribution in [3.8, 4) is 0 Å². The van der Waals surface area contributed by atoms with E-state index in [0.29, 0.717) is 11.4 Å². The van der Waals surface area contributed by atoms with Gasteiger partial charge >= 0.3 is 0 Å². The van der Waals surface area contributed by atoms with E-state index in [1.54, 1.807) is 6.26 Å². The molecule has 0 aliphatic carbocycles. The average molecular weight is 317 g/mol. The van der Waals surface area contributed by atoms with Crippen molar-refractivity contribution in [2.45, 2.75) is 11.2 Å². The Balaban J connectivity index is 2.34.